The average molecular weight is 347 g/mol. The van der Waals surface area contributed by atoms with Crippen LogP contribution in [0, 0.1) is 29.4 Å². The van der Waals surface area contributed by atoms with Crippen LogP contribution >= 0.6 is 15.9 Å². The molecule has 112 valence electrons. The molecule has 0 saturated heterocycles. The first-order valence-electron chi connectivity index (χ1n) is 7.13. The number of rotatable bonds is 2. The highest BCUT2D eigenvalue weighted by Gasteiger charge is 2.47. The van der Waals surface area contributed by atoms with Gasteiger partial charge in [-0.15, -0.1) is 0 Å². The molecule has 1 nitrogen and oxygen atoms in total. The third kappa shape index (κ3) is 2.64. The van der Waals surface area contributed by atoms with Crippen molar-refractivity contribution in [2.75, 3.05) is 0 Å². The Morgan fingerprint density at radius 3 is 2.55 bits per heavy atom. The van der Waals surface area contributed by atoms with E-state index in [1.165, 1.54) is 12.1 Å². The van der Waals surface area contributed by atoms with E-state index in [0.717, 1.165) is 12.8 Å². The van der Waals surface area contributed by atoms with Crippen LogP contribution in [0.25, 0.3) is 0 Å². The summed E-state index contributed by atoms with van der Waals surface area (Å²) >= 11 is 3.09. The molecule has 1 saturated carbocycles. The van der Waals surface area contributed by atoms with Crippen molar-refractivity contribution < 1.29 is 13.9 Å². The van der Waals surface area contributed by atoms with E-state index in [1.807, 2.05) is 20.8 Å². The molecule has 0 spiro atoms. The van der Waals surface area contributed by atoms with Gasteiger partial charge in [-0.2, -0.15) is 0 Å². The van der Waals surface area contributed by atoms with E-state index in [-0.39, 0.29) is 27.8 Å². The molecule has 0 amide bonds. The highest BCUT2D eigenvalue weighted by molar-refractivity contribution is 9.10. The van der Waals surface area contributed by atoms with Crippen LogP contribution in [-0.2, 0) is 5.60 Å². The first-order valence-corrected chi connectivity index (χ1v) is 7.93. The molecule has 1 aliphatic rings. The summed E-state index contributed by atoms with van der Waals surface area (Å²) in [5.41, 5.74) is -1.60. The van der Waals surface area contributed by atoms with E-state index < -0.39 is 17.2 Å². The maximum absolute atomic E-state index is 14.4. The normalized spacial score (nSPS) is 30.8. The first-order chi connectivity index (χ1) is 9.27. The van der Waals surface area contributed by atoms with Crippen molar-refractivity contribution in [2.45, 2.75) is 45.6 Å². The van der Waals surface area contributed by atoms with Gasteiger partial charge in [0.2, 0.25) is 0 Å². The molecule has 1 fully saturated rings. The van der Waals surface area contributed by atoms with E-state index in [1.54, 1.807) is 0 Å². The zero-order valence-electron chi connectivity index (χ0n) is 12.1. The number of hydrogen-bond acceptors (Lipinski definition) is 1. The van der Waals surface area contributed by atoms with Crippen LogP contribution < -0.4 is 0 Å². The number of benzene rings is 1. The highest BCUT2D eigenvalue weighted by atomic mass is 79.9. The minimum atomic E-state index is -1.43. The predicted molar refractivity (Wildman–Crippen MR) is 79.3 cm³/mol. The minimum absolute atomic E-state index is 0.128. The molecule has 0 aliphatic heterocycles. The van der Waals surface area contributed by atoms with E-state index >= 15 is 0 Å². The molecule has 1 aromatic carbocycles. The van der Waals surface area contributed by atoms with E-state index in [0.29, 0.717) is 6.42 Å². The summed E-state index contributed by atoms with van der Waals surface area (Å²) in [6.45, 7) is 6.02. The second-order valence-electron chi connectivity index (χ2n) is 6.38. The average Bonchev–Trinajstić information content (AvgIpc) is 2.33. The van der Waals surface area contributed by atoms with Crippen LogP contribution in [0.1, 0.15) is 45.6 Å². The molecule has 1 N–H and O–H groups in total. The van der Waals surface area contributed by atoms with Crippen LogP contribution in [-0.4, -0.2) is 5.11 Å². The largest absolute Gasteiger partial charge is 0.385 e. The number of halogens is 3. The van der Waals surface area contributed by atoms with Crippen molar-refractivity contribution in [2.24, 2.45) is 17.8 Å². The van der Waals surface area contributed by atoms with Crippen molar-refractivity contribution in [3.8, 4) is 0 Å². The summed E-state index contributed by atoms with van der Waals surface area (Å²) in [6, 6.07) is 2.56. The Labute approximate surface area is 127 Å². The SMILES string of the molecule is CC1CCC(C(C)C)C(O)(c2c(F)ccc(Br)c2F)C1. The van der Waals surface area contributed by atoms with Crippen LogP contribution in [0.2, 0.25) is 0 Å². The molecule has 3 atom stereocenters. The molecule has 1 aliphatic carbocycles. The van der Waals surface area contributed by atoms with Crippen molar-refractivity contribution in [3.05, 3.63) is 33.8 Å². The Hall–Kier alpha value is -0.480. The Bertz CT molecular complexity index is 503. The third-order valence-electron chi connectivity index (χ3n) is 4.53. The Kier molecular flexibility index (Phi) is 4.55. The van der Waals surface area contributed by atoms with Gasteiger partial charge in [-0.25, -0.2) is 8.78 Å². The van der Waals surface area contributed by atoms with E-state index in [9.17, 15) is 13.9 Å². The van der Waals surface area contributed by atoms with Gasteiger partial charge in [0.1, 0.15) is 11.6 Å². The van der Waals surface area contributed by atoms with Gasteiger partial charge in [0.15, 0.2) is 0 Å². The van der Waals surface area contributed by atoms with Gasteiger partial charge in [-0.05, 0) is 58.7 Å². The lowest BCUT2D eigenvalue weighted by Crippen LogP contribution is -2.44. The fourth-order valence-corrected chi connectivity index (χ4v) is 3.91. The molecule has 1 aromatic rings. The van der Waals surface area contributed by atoms with Gasteiger partial charge < -0.3 is 5.11 Å². The van der Waals surface area contributed by atoms with Crippen molar-refractivity contribution in [1.29, 1.82) is 0 Å². The lowest BCUT2D eigenvalue weighted by atomic mass is 9.64. The summed E-state index contributed by atoms with van der Waals surface area (Å²) in [4.78, 5) is 0. The Morgan fingerprint density at radius 2 is 1.95 bits per heavy atom. The van der Waals surface area contributed by atoms with Crippen LogP contribution in [0.15, 0.2) is 16.6 Å². The van der Waals surface area contributed by atoms with Crippen LogP contribution in [0.4, 0.5) is 8.78 Å². The van der Waals surface area contributed by atoms with Crippen LogP contribution in [0.3, 0.4) is 0 Å². The fourth-order valence-electron chi connectivity index (χ4n) is 3.58. The Balaban J connectivity index is 2.59. The fraction of sp³-hybridized carbons (Fsp3) is 0.625. The smallest absolute Gasteiger partial charge is 0.146 e. The summed E-state index contributed by atoms with van der Waals surface area (Å²) in [7, 11) is 0. The molecule has 4 heteroatoms. The second-order valence-corrected chi connectivity index (χ2v) is 7.23. The van der Waals surface area contributed by atoms with Gasteiger partial charge >= 0.3 is 0 Å². The van der Waals surface area contributed by atoms with E-state index in [2.05, 4.69) is 15.9 Å². The standard InChI is InChI=1S/C16H21BrF2O/c1-9(2)11-5-4-10(3)8-16(11,20)14-13(18)7-6-12(17)15(14)19/h6-7,9-11,20H,4-5,8H2,1-3H3. The maximum atomic E-state index is 14.4. The summed E-state index contributed by atoms with van der Waals surface area (Å²) < 4.78 is 28.8. The quantitative estimate of drug-likeness (QED) is 0.746. The monoisotopic (exact) mass is 346 g/mol. The van der Waals surface area contributed by atoms with Gasteiger partial charge in [-0.3, -0.25) is 0 Å². The maximum Gasteiger partial charge on any atom is 0.146 e. The molecule has 0 bridgehead atoms. The van der Waals surface area contributed by atoms with Gasteiger partial charge in [0.25, 0.3) is 0 Å². The second kappa shape index (κ2) is 5.72. The van der Waals surface area contributed by atoms with Crippen molar-refractivity contribution in [3.63, 3.8) is 0 Å². The Morgan fingerprint density at radius 1 is 1.30 bits per heavy atom. The lowest BCUT2D eigenvalue weighted by Gasteiger charge is -2.45. The number of aliphatic hydroxyl groups is 1. The van der Waals surface area contributed by atoms with Gasteiger partial charge in [0.05, 0.1) is 15.6 Å². The summed E-state index contributed by atoms with van der Waals surface area (Å²) in [5, 5.41) is 11.1. The van der Waals surface area contributed by atoms with Crippen molar-refractivity contribution >= 4 is 15.9 Å². The summed E-state index contributed by atoms with van der Waals surface area (Å²) in [6.07, 6.45) is 2.18. The third-order valence-corrected chi connectivity index (χ3v) is 5.14. The molecule has 3 unspecified atom stereocenters. The topological polar surface area (TPSA) is 20.2 Å². The number of hydrogen-bond donors (Lipinski definition) is 1. The highest BCUT2D eigenvalue weighted by Crippen LogP contribution is 2.49. The molecule has 2 rings (SSSR count). The molecule has 20 heavy (non-hydrogen) atoms. The predicted octanol–water partition coefficient (Wildman–Crippen LogP) is 5.01. The van der Waals surface area contributed by atoms with E-state index in [4.69, 9.17) is 0 Å². The zero-order valence-corrected chi connectivity index (χ0v) is 13.7. The minimum Gasteiger partial charge on any atom is -0.385 e. The molecule has 0 aromatic heterocycles. The summed E-state index contributed by atoms with van der Waals surface area (Å²) in [5.74, 6) is -1.03. The molecular weight excluding hydrogens is 326 g/mol. The zero-order chi connectivity index (χ0) is 15.1. The lowest BCUT2D eigenvalue weighted by molar-refractivity contribution is -0.0911. The van der Waals surface area contributed by atoms with Gasteiger partial charge in [0, 0.05) is 0 Å². The molecular formula is C16H21BrF2O. The molecule has 0 radical (unpaired) electrons. The van der Waals surface area contributed by atoms with Crippen LogP contribution in [0.5, 0.6) is 0 Å². The van der Waals surface area contributed by atoms with Crippen molar-refractivity contribution in [1.82, 2.24) is 0 Å². The first kappa shape index (κ1) is 15.9. The van der Waals surface area contributed by atoms with Gasteiger partial charge in [-0.1, -0.05) is 27.2 Å². The molecule has 0 heterocycles.